The first-order chi connectivity index (χ1) is 6.60. The lowest BCUT2D eigenvalue weighted by Gasteiger charge is -2.09. The molecule has 4 nitrogen and oxygen atoms in total. The number of oxime groups is 1. The molecule has 1 rings (SSSR count). The lowest BCUT2D eigenvalue weighted by Crippen LogP contribution is -2.15. The largest absolute Gasteiger partial charge is 0.496 e. The monoisotopic (exact) mass is 198 g/mol. The molecule has 1 aromatic rings. The molecule has 3 N–H and O–H groups in total. The SMILES string of the molecule is COc1c(C)cc(F)cc1/C(N)=N\O. The summed E-state index contributed by atoms with van der Waals surface area (Å²) < 4.78 is 18.0. The smallest absolute Gasteiger partial charge is 0.173 e. The fourth-order valence-corrected chi connectivity index (χ4v) is 1.24. The maximum absolute atomic E-state index is 13.0. The maximum atomic E-state index is 13.0. The Balaban J connectivity index is 3.39. The summed E-state index contributed by atoms with van der Waals surface area (Å²) in [5, 5.41) is 11.3. The summed E-state index contributed by atoms with van der Waals surface area (Å²) in [7, 11) is 1.44. The van der Waals surface area contributed by atoms with Crippen molar-refractivity contribution in [2.75, 3.05) is 7.11 Å². The number of methoxy groups -OCH3 is 1. The van der Waals surface area contributed by atoms with Gasteiger partial charge < -0.3 is 15.7 Å². The molecule has 76 valence electrons. The third-order valence-electron chi connectivity index (χ3n) is 1.83. The second-order valence-electron chi connectivity index (χ2n) is 2.79. The number of hydrogen-bond donors (Lipinski definition) is 2. The summed E-state index contributed by atoms with van der Waals surface area (Å²) in [6.45, 7) is 1.68. The van der Waals surface area contributed by atoms with Gasteiger partial charge in [0.25, 0.3) is 0 Å². The van der Waals surface area contributed by atoms with Crippen LogP contribution in [0, 0.1) is 12.7 Å². The third kappa shape index (κ3) is 1.76. The highest BCUT2D eigenvalue weighted by Crippen LogP contribution is 2.24. The zero-order chi connectivity index (χ0) is 10.7. The number of hydrogen-bond acceptors (Lipinski definition) is 3. The van der Waals surface area contributed by atoms with Crippen LogP contribution in [-0.2, 0) is 0 Å². The number of rotatable bonds is 2. The number of nitrogens with zero attached hydrogens (tertiary/aromatic N) is 1. The Morgan fingerprint density at radius 1 is 1.57 bits per heavy atom. The highest BCUT2D eigenvalue weighted by Gasteiger charge is 2.12. The van der Waals surface area contributed by atoms with Crippen molar-refractivity contribution < 1.29 is 14.3 Å². The van der Waals surface area contributed by atoms with Gasteiger partial charge in [0.2, 0.25) is 0 Å². The first-order valence-corrected chi connectivity index (χ1v) is 3.92. The van der Waals surface area contributed by atoms with Crippen molar-refractivity contribution in [2.24, 2.45) is 10.9 Å². The number of nitrogens with two attached hydrogens (primary N) is 1. The van der Waals surface area contributed by atoms with Crippen molar-refractivity contribution in [3.63, 3.8) is 0 Å². The number of aryl methyl sites for hydroxylation is 1. The molecule has 0 radical (unpaired) electrons. The van der Waals surface area contributed by atoms with Crippen LogP contribution in [0.25, 0.3) is 0 Å². The molecule has 0 spiro atoms. The van der Waals surface area contributed by atoms with E-state index < -0.39 is 5.82 Å². The van der Waals surface area contributed by atoms with Gasteiger partial charge in [0, 0.05) is 0 Å². The molecule has 0 amide bonds. The molecule has 0 aliphatic carbocycles. The molecule has 0 saturated heterocycles. The average Bonchev–Trinajstić information content (AvgIpc) is 2.15. The van der Waals surface area contributed by atoms with Gasteiger partial charge in [-0.1, -0.05) is 5.16 Å². The molecule has 0 unspecified atom stereocenters. The fourth-order valence-electron chi connectivity index (χ4n) is 1.24. The molecule has 0 aliphatic heterocycles. The minimum atomic E-state index is -0.454. The highest BCUT2D eigenvalue weighted by atomic mass is 19.1. The summed E-state index contributed by atoms with van der Waals surface area (Å²) in [4.78, 5) is 0. The summed E-state index contributed by atoms with van der Waals surface area (Å²) in [6, 6.07) is 2.47. The van der Waals surface area contributed by atoms with Gasteiger partial charge in [0.1, 0.15) is 11.6 Å². The predicted octanol–water partition coefficient (Wildman–Crippen LogP) is 1.24. The van der Waals surface area contributed by atoms with E-state index in [0.29, 0.717) is 11.3 Å². The standard InChI is InChI=1S/C9H11FN2O2/c1-5-3-6(10)4-7(8(5)14-2)9(11)12-13/h3-4,13H,1-2H3,(H2,11,12). The van der Waals surface area contributed by atoms with Gasteiger partial charge in [0.05, 0.1) is 12.7 Å². The molecular formula is C9H11FN2O2. The normalized spacial score (nSPS) is 11.5. The van der Waals surface area contributed by atoms with Crippen LogP contribution in [0.15, 0.2) is 17.3 Å². The van der Waals surface area contributed by atoms with Gasteiger partial charge in [-0.25, -0.2) is 4.39 Å². The molecule has 0 heterocycles. The Hall–Kier alpha value is -1.78. The van der Waals surface area contributed by atoms with Crippen LogP contribution >= 0.6 is 0 Å². The highest BCUT2D eigenvalue weighted by molar-refractivity contribution is 5.99. The van der Waals surface area contributed by atoms with Crippen LogP contribution in [0.5, 0.6) is 5.75 Å². The van der Waals surface area contributed by atoms with Crippen LogP contribution in [0.3, 0.4) is 0 Å². The van der Waals surface area contributed by atoms with Gasteiger partial charge in [-0.05, 0) is 24.6 Å². The van der Waals surface area contributed by atoms with E-state index in [2.05, 4.69) is 5.16 Å². The van der Waals surface area contributed by atoms with Crippen molar-refractivity contribution in [3.8, 4) is 5.75 Å². The summed E-state index contributed by atoms with van der Waals surface area (Å²) in [6.07, 6.45) is 0. The van der Waals surface area contributed by atoms with E-state index in [0.717, 1.165) is 6.07 Å². The first-order valence-electron chi connectivity index (χ1n) is 3.92. The number of benzene rings is 1. The molecule has 0 aliphatic rings. The minimum Gasteiger partial charge on any atom is -0.496 e. The lowest BCUT2D eigenvalue weighted by molar-refractivity contribution is 0.318. The van der Waals surface area contributed by atoms with E-state index in [-0.39, 0.29) is 11.4 Å². The Labute approximate surface area is 80.8 Å². The Kier molecular flexibility index (Phi) is 2.91. The van der Waals surface area contributed by atoms with E-state index in [1.165, 1.54) is 13.2 Å². The lowest BCUT2D eigenvalue weighted by atomic mass is 10.1. The van der Waals surface area contributed by atoms with Crippen molar-refractivity contribution in [2.45, 2.75) is 6.92 Å². The first kappa shape index (κ1) is 10.3. The predicted molar refractivity (Wildman–Crippen MR) is 50.2 cm³/mol. The second-order valence-corrected chi connectivity index (χ2v) is 2.79. The van der Waals surface area contributed by atoms with Gasteiger partial charge in [-0.3, -0.25) is 0 Å². The third-order valence-corrected chi connectivity index (χ3v) is 1.83. The van der Waals surface area contributed by atoms with Crippen LogP contribution in [0.2, 0.25) is 0 Å². The van der Waals surface area contributed by atoms with Gasteiger partial charge >= 0.3 is 0 Å². The van der Waals surface area contributed by atoms with E-state index >= 15 is 0 Å². The average molecular weight is 198 g/mol. The Morgan fingerprint density at radius 2 is 2.21 bits per heavy atom. The van der Waals surface area contributed by atoms with Crippen molar-refractivity contribution in [1.82, 2.24) is 0 Å². The van der Waals surface area contributed by atoms with Crippen molar-refractivity contribution in [1.29, 1.82) is 0 Å². The molecule has 0 saturated carbocycles. The maximum Gasteiger partial charge on any atom is 0.173 e. The summed E-state index contributed by atoms with van der Waals surface area (Å²) in [5.74, 6) is -0.226. The quantitative estimate of drug-likeness (QED) is 0.325. The minimum absolute atomic E-state index is 0.176. The zero-order valence-corrected chi connectivity index (χ0v) is 7.91. The summed E-state index contributed by atoms with van der Waals surface area (Å²) in [5.41, 5.74) is 6.20. The number of amidine groups is 1. The molecule has 0 aromatic heterocycles. The zero-order valence-electron chi connectivity index (χ0n) is 7.91. The Bertz CT molecular complexity index is 377. The summed E-state index contributed by atoms with van der Waals surface area (Å²) >= 11 is 0. The van der Waals surface area contributed by atoms with Crippen LogP contribution < -0.4 is 10.5 Å². The topological polar surface area (TPSA) is 67.8 Å². The van der Waals surface area contributed by atoms with Crippen molar-refractivity contribution in [3.05, 3.63) is 29.1 Å². The van der Waals surface area contributed by atoms with Gasteiger partial charge in [-0.2, -0.15) is 0 Å². The van der Waals surface area contributed by atoms with Gasteiger partial charge in [-0.15, -0.1) is 0 Å². The molecule has 0 bridgehead atoms. The van der Waals surface area contributed by atoms with Crippen LogP contribution in [-0.4, -0.2) is 18.2 Å². The van der Waals surface area contributed by atoms with Crippen LogP contribution in [0.1, 0.15) is 11.1 Å². The molecule has 0 atom stereocenters. The van der Waals surface area contributed by atoms with E-state index in [4.69, 9.17) is 15.7 Å². The van der Waals surface area contributed by atoms with Crippen molar-refractivity contribution >= 4 is 5.84 Å². The van der Waals surface area contributed by atoms with E-state index in [1.807, 2.05) is 0 Å². The molecule has 1 aromatic carbocycles. The molecule has 14 heavy (non-hydrogen) atoms. The number of halogens is 1. The van der Waals surface area contributed by atoms with E-state index in [1.54, 1.807) is 6.92 Å². The Morgan fingerprint density at radius 3 is 2.71 bits per heavy atom. The second kappa shape index (κ2) is 3.95. The van der Waals surface area contributed by atoms with Gasteiger partial charge in [0.15, 0.2) is 5.84 Å². The molecule has 0 fully saturated rings. The fraction of sp³-hybridized carbons (Fsp3) is 0.222. The number of ether oxygens (including phenoxy) is 1. The van der Waals surface area contributed by atoms with Crippen LogP contribution in [0.4, 0.5) is 4.39 Å². The molecular weight excluding hydrogens is 187 g/mol. The van der Waals surface area contributed by atoms with E-state index in [9.17, 15) is 4.39 Å². The molecule has 5 heteroatoms.